The van der Waals surface area contributed by atoms with Crippen LogP contribution >= 0.6 is 90.4 Å². The molecular formula is C40H26F6I4N6O6S2Zn. The summed E-state index contributed by atoms with van der Waals surface area (Å²) in [5.41, 5.74) is -4.42. The van der Waals surface area contributed by atoms with Crippen LogP contribution in [0.15, 0.2) is 153 Å². The van der Waals surface area contributed by atoms with E-state index < -0.39 is 31.3 Å². The number of halogens is 10. The third kappa shape index (κ3) is 23.4. The molecule has 2 aromatic heterocycles. The molecule has 0 bridgehead atoms. The summed E-state index contributed by atoms with van der Waals surface area (Å²) < 4.78 is 123. The molecule has 6 aromatic rings. The molecule has 65 heavy (non-hydrogen) atoms. The Morgan fingerprint density at radius 2 is 0.569 bits per heavy atom. The van der Waals surface area contributed by atoms with Gasteiger partial charge in [-0.1, -0.05) is 12.1 Å². The predicted molar refractivity (Wildman–Crippen MR) is 266 cm³/mol. The van der Waals surface area contributed by atoms with Crippen molar-refractivity contribution in [3.8, 4) is 0 Å². The Balaban J connectivity index is 0.000000333. The Hall–Kier alpha value is -3.20. The van der Waals surface area contributed by atoms with E-state index in [1.165, 1.54) is 14.3 Å². The summed E-state index contributed by atoms with van der Waals surface area (Å²) in [5.74, 6) is 0. The van der Waals surface area contributed by atoms with Gasteiger partial charge in [0.2, 0.25) is 0 Å². The Morgan fingerprint density at radius 1 is 0.400 bits per heavy atom. The third-order valence-electron chi connectivity index (χ3n) is 6.84. The molecule has 0 fully saturated rings. The number of aromatic nitrogens is 2. The van der Waals surface area contributed by atoms with Crippen LogP contribution in [-0.2, 0) is 39.7 Å². The molecule has 0 N–H and O–H groups in total. The topological polar surface area (TPSA) is 190 Å². The Morgan fingerprint density at radius 3 is 0.723 bits per heavy atom. The van der Waals surface area contributed by atoms with Crippen molar-refractivity contribution in [1.29, 1.82) is 0 Å². The van der Waals surface area contributed by atoms with E-state index in [0.29, 0.717) is 0 Å². The molecule has 6 rings (SSSR count). The number of hydrogen-bond donors (Lipinski definition) is 0. The smallest absolute Gasteiger partial charge is 0.741 e. The van der Waals surface area contributed by atoms with Gasteiger partial charge in [0.05, 0.1) is 70.4 Å². The minimum Gasteiger partial charge on any atom is -0.741 e. The van der Waals surface area contributed by atoms with Gasteiger partial charge < -0.3 is 9.11 Å². The van der Waals surface area contributed by atoms with E-state index in [4.69, 9.17) is 25.9 Å². The Bertz CT molecular complexity index is 2460. The molecule has 12 nitrogen and oxygen atoms in total. The van der Waals surface area contributed by atoms with Crippen LogP contribution < -0.4 is 0 Å². The van der Waals surface area contributed by atoms with Crippen LogP contribution in [-0.4, -0.2) is 71.8 Å². The maximum Gasteiger partial charge on any atom is 2.00 e. The van der Waals surface area contributed by atoms with Gasteiger partial charge in [-0.05, 0) is 212 Å². The van der Waals surface area contributed by atoms with Gasteiger partial charge in [0.1, 0.15) is 0 Å². The van der Waals surface area contributed by atoms with Crippen molar-refractivity contribution in [2.75, 3.05) is 0 Å². The molecule has 336 valence electrons. The van der Waals surface area contributed by atoms with E-state index in [9.17, 15) is 26.3 Å². The summed E-state index contributed by atoms with van der Waals surface area (Å²) in [6, 6.07) is 43.8. The zero-order valence-electron chi connectivity index (χ0n) is 32.4. The van der Waals surface area contributed by atoms with E-state index in [2.05, 4.69) is 120 Å². The first kappa shape index (κ1) is 57.9. The number of hydrogen-bond acceptors (Lipinski definition) is 12. The van der Waals surface area contributed by atoms with E-state index in [1.807, 2.05) is 133 Å². The second-order valence-corrected chi connectivity index (χ2v) is 19.4. The summed E-state index contributed by atoms with van der Waals surface area (Å²) in [6.45, 7) is 0. The maximum absolute atomic E-state index is 10.7. The molecule has 0 saturated carbocycles. The van der Waals surface area contributed by atoms with Crippen molar-refractivity contribution in [2.24, 2.45) is 20.0 Å². The van der Waals surface area contributed by atoms with Crippen molar-refractivity contribution in [1.82, 2.24) is 9.97 Å². The number of rotatable bonds is 8. The molecule has 0 atom stereocenters. The van der Waals surface area contributed by atoms with Crippen molar-refractivity contribution < 1.29 is 71.8 Å². The molecule has 0 radical (unpaired) electrons. The Labute approximate surface area is 436 Å². The number of aliphatic imine (C=N–C) groups is 4. The summed E-state index contributed by atoms with van der Waals surface area (Å²) >= 11 is 9.11. The van der Waals surface area contributed by atoms with E-state index in [0.717, 1.165) is 45.5 Å². The third-order valence-corrected chi connectivity index (χ3v) is 10.9. The fraction of sp³-hybridized carbons (Fsp3) is 0.0500. The van der Waals surface area contributed by atoms with Gasteiger partial charge in [0.25, 0.3) is 0 Å². The molecule has 0 amide bonds. The van der Waals surface area contributed by atoms with Crippen LogP contribution in [0.25, 0.3) is 0 Å². The van der Waals surface area contributed by atoms with Crippen LogP contribution in [0.3, 0.4) is 0 Å². The molecule has 0 aliphatic carbocycles. The quantitative estimate of drug-likeness (QED) is 0.0359. The molecular weight excluding hydrogens is 1410 g/mol. The fourth-order valence-electron chi connectivity index (χ4n) is 3.90. The van der Waals surface area contributed by atoms with Crippen molar-refractivity contribution in [3.63, 3.8) is 0 Å². The van der Waals surface area contributed by atoms with Crippen molar-refractivity contribution in [2.45, 2.75) is 11.0 Å². The van der Waals surface area contributed by atoms with Crippen LogP contribution in [0.5, 0.6) is 0 Å². The van der Waals surface area contributed by atoms with Gasteiger partial charge >= 0.3 is 30.5 Å². The number of benzene rings is 4. The van der Waals surface area contributed by atoms with Crippen molar-refractivity contribution in [3.05, 3.63) is 171 Å². The minimum absolute atomic E-state index is 0. The van der Waals surface area contributed by atoms with Gasteiger partial charge in [-0.2, -0.15) is 26.3 Å². The standard InChI is InChI=1S/2C19H13I2N3.2CHF3O3S.Zn/c2*20-14-4-8-16(9-5-14)22-12-18-2-1-3-19(24-18)13-23-17-10-6-15(21)7-11-17;2*2-1(3,4)8(5,6)7;/h2*1-13H;2*(H,5,6,7);/q;;;;+2/p-2. The predicted octanol–water partition coefficient (Wildman–Crippen LogP) is 11.7. The van der Waals surface area contributed by atoms with Crippen LogP contribution in [0.1, 0.15) is 22.8 Å². The molecule has 0 aliphatic rings. The first-order chi connectivity index (χ1) is 29.9. The number of pyridine rings is 2. The summed E-state index contributed by atoms with van der Waals surface area (Å²) in [4.78, 5) is 26.9. The average Bonchev–Trinajstić information content (AvgIpc) is 3.22. The molecule has 0 unspecified atom stereocenters. The first-order valence-corrected chi connectivity index (χ1v) is 24.2. The monoisotopic (exact) mass is 1440 g/mol. The second-order valence-electron chi connectivity index (χ2n) is 11.7. The van der Waals surface area contributed by atoms with Gasteiger partial charge in [-0.15, -0.1) is 0 Å². The molecule has 0 spiro atoms. The maximum atomic E-state index is 10.7. The second kappa shape index (κ2) is 27.6. The van der Waals surface area contributed by atoms with Crippen molar-refractivity contribution >= 4 is 158 Å². The minimum atomic E-state index is -6.09. The molecule has 0 aliphatic heterocycles. The summed E-state index contributed by atoms with van der Waals surface area (Å²) in [5, 5.41) is 0. The normalized spacial score (nSPS) is 11.9. The van der Waals surface area contributed by atoms with E-state index in [1.54, 1.807) is 24.9 Å². The molecule has 0 saturated heterocycles. The fourth-order valence-corrected chi connectivity index (χ4v) is 5.34. The van der Waals surface area contributed by atoms with Gasteiger partial charge in [-0.3, -0.25) is 20.0 Å². The van der Waals surface area contributed by atoms with Crippen LogP contribution in [0, 0.1) is 14.3 Å². The molecule has 25 heteroatoms. The number of alkyl halides is 6. The zero-order chi connectivity index (χ0) is 47.6. The largest absolute Gasteiger partial charge is 2.00 e. The van der Waals surface area contributed by atoms with Gasteiger partial charge in [-0.25, -0.2) is 26.8 Å². The van der Waals surface area contributed by atoms with Crippen LogP contribution in [0.4, 0.5) is 49.1 Å². The summed E-state index contributed by atoms with van der Waals surface area (Å²) in [7, 11) is -12.2. The first-order valence-electron chi connectivity index (χ1n) is 17.0. The van der Waals surface area contributed by atoms with E-state index in [-0.39, 0.29) is 19.5 Å². The van der Waals surface area contributed by atoms with E-state index >= 15 is 0 Å². The molecule has 4 aromatic carbocycles. The number of nitrogens with zero attached hydrogens (tertiary/aromatic N) is 6. The average molecular weight is 1440 g/mol. The van der Waals surface area contributed by atoms with Crippen LogP contribution in [0.2, 0.25) is 0 Å². The molecule has 2 heterocycles. The SMILES string of the molecule is Ic1ccc(N=Cc2cccc(C=Nc3ccc(I)cc3)n2)cc1.Ic1ccc(N=Cc2cccc(C=Nc3ccc(I)cc3)n2)cc1.O=S(=O)([O-])C(F)(F)F.O=S(=O)([O-])C(F)(F)F.[Zn+2]. The summed E-state index contributed by atoms with van der Waals surface area (Å²) in [6.07, 6.45) is 7.07. The zero-order valence-corrected chi connectivity index (χ0v) is 45.7. The van der Waals surface area contributed by atoms with Gasteiger partial charge in [0, 0.05) is 14.3 Å². The van der Waals surface area contributed by atoms with Gasteiger partial charge in [0.15, 0.2) is 20.2 Å². The Kier molecular flexibility index (Phi) is 24.6.